The van der Waals surface area contributed by atoms with Gasteiger partial charge in [0.2, 0.25) is 0 Å². The van der Waals surface area contributed by atoms with Gasteiger partial charge in [-0.2, -0.15) is 5.26 Å². The van der Waals surface area contributed by atoms with E-state index in [1.807, 2.05) is 24.3 Å². The number of hydrogen-bond acceptors (Lipinski definition) is 9. The zero-order valence-electron chi connectivity index (χ0n) is 21.2. The minimum Gasteiger partial charge on any atom is -0.493 e. The van der Waals surface area contributed by atoms with E-state index in [-0.39, 0.29) is 17.0 Å². The van der Waals surface area contributed by atoms with E-state index >= 15 is 0 Å². The molecule has 0 radical (unpaired) electrons. The van der Waals surface area contributed by atoms with E-state index in [1.54, 1.807) is 39.2 Å². The van der Waals surface area contributed by atoms with Crippen molar-refractivity contribution >= 4 is 46.1 Å². The molecule has 37 heavy (non-hydrogen) atoms. The second kappa shape index (κ2) is 11.4. The highest BCUT2D eigenvalue weighted by molar-refractivity contribution is 8.26. The van der Waals surface area contributed by atoms with Gasteiger partial charge in [0.1, 0.15) is 21.8 Å². The number of carbonyl (C=O) groups excluding carboxylic acids is 1. The number of morpholine rings is 1. The molecule has 0 unspecified atom stereocenters. The van der Waals surface area contributed by atoms with Gasteiger partial charge in [-0.25, -0.2) is 0 Å². The molecule has 3 heterocycles. The van der Waals surface area contributed by atoms with Gasteiger partial charge in [-0.3, -0.25) is 19.1 Å². The number of thiocarbonyl (C=S) groups is 1. The van der Waals surface area contributed by atoms with Gasteiger partial charge in [0.15, 0.2) is 11.5 Å². The lowest BCUT2D eigenvalue weighted by Gasteiger charge is -2.32. The van der Waals surface area contributed by atoms with Gasteiger partial charge in [-0.1, -0.05) is 30.0 Å². The number of nitriles is 1. The number of hydrogen-bond donors (Lipinski definition) is 0. The maximum Gasteiger partial charge on any atom is 0.270 e. The minimum atomic E-state index is -0.360. The largest absolute Gasteiger partial charge is 0.493 e. The van der Waals surface area contributed by atoms with Crippen LogP contribution in [0.5, 0.6) is 11.5 Å². The number of thioether (sulfide) groups is 1. The summed E-state index contributed by atoms with van der Waals surface area (Å²) in [5.74, 6) is 1.73. The van der Waals surface area contributed by atoms with Crippen LogP contribution in [0.25, 0.3) is 6.08 Å². The fraction of sp³-hybridized carbons (Fsp3) is 0.385. The molecule has 0 N–H and O–H groups in total. The van der Waals surface area contributed by atoms with Gasteiger partial charge >= 0.3 is 0 Å². The van der Waals surface area contributed by atoms with Crippen molar-refractivity contribution in [3.63, 3.8) is 0 Å². The summed E-state index contributed by atoms with van der Waals surface area (Å²) >= 11 is 6.77. The molecule has 11 heteroatoms. The van der Waals surface area contributed by atoms with E-state index < -0.39 is 0 Å². The van der Waals surface area contributed by atoms with Crippen LogP contribution in [0, 0.1) is 18.3 Å². The first-order chi connectivity index (χ1) is 17.8. The molecule has 0 aliphatic carbocycles. The number of amides is 1. The van der Waals surface area contributed by atoms with Crippen molar-refractivity contribution < 1.29 is 19.0 Å². The SMILES string of the molecule is COc1ccc(CCN2C(=O)C(=Cc3c(C)c(C#N)c(=O)n(C)c3N3CCOCC3)SC2=S)cc1OC. The Morgan fingerprint density at radius 1 is 1.19 bits per heavy atom. The average molecular weight is 541 g/mol. The first kappa shape index (κ1) is 26.7. The normalized spacial score (nSPS) is 16.9. The molecule has 9 nitrogen and oxygen atoms in total. The third-order valence-corrected chi connectivity index (χ3v) is 7.88. The van der Waals surface area contributed by atoms with Crippen molar-refractivity contribution in [2.24, 2.45) is 7.05 Å². The first-order valence-electron chi connectivity index (χ1n) is 11.7. The molecular weight excluding hydrogens is 512 g/mol. The lowest BCUT2D eigenvalue weighted by atomic mass is 10.0. The van der Waals surface area contributed by atoms with E-state index in [2.05, 4.69) is 4.90 Å². The fourth-order valence-electron chi connectivity index (χ4n) is 4.47. The summed E-state index contributed by atoms with van der Waals surface area (Å²) < 4.78 is 18.1. The van der Waals surface area contributed by atoms with E-state index in [0.717, 1.165) is 5.56 Å². The molecule has 1 amide bonds. The summed E-state index contributed by atoms with van der Waals surface area (Å²) in [4.78, 5) is 30.4. The van der Waals surface area contributed by atoms with Crippen LogP contribution in [0.2, 0.25) is 0 Å². The first-order valence-corrected chi connectivity index (χ1v) is 13.0. The molecule has 1 aromatic carbocycles. The Labute approximate surface area is 225 Å². The highest BCUT2D eigenvalue weighted by Gasteiger charge is 2.33. The van der Waals surface area contributed by atoms with Crippen LogP contribution in [-0.2, 0) is 23.0 Å². The molecule has 2 aliphatic rings. The number of pyridine rings is 1. The standard InChI is InChI=1S/C26H28N4O5S2/c1-16-18(23(29-9-11-35-12-10-29)28(2)24(31)19(16)15-27)14-22-25(32)30(26(36)37-22)8-7-17-5-6-20(33-3)21(13-17)34-4/h5-6,13-14H,7-12H2,1-4H3. The second-order valence-electron chi connectivity index (χ2n) is 8.59. The number of methoxy groups -OCH3 is 2. The Morgan fingerprint density at radius 2 is 1.89 bits per heavy atom. The molecule has 0 spiro atoms. The molecule has 4 rings (SSSR count). The third-order valence-electron chi connectivity index (χ3n) is 6.50. The molecule has 2 saturated heterocycles. The Bertz CT molecular complexity index is 1370. The predicted octanol–water partition coefficient (Wildman–Crippen LogP) is 2.86. The van der Waals surface area contributed by atoms with Crippen molar-refractivity contribution in [2.45, 2.75) is 13.3 Å². The maximum absolute atomic E-state index is 13.4. The summed E-state index contributed by atoms with van der Waals surface area (Å²) in [7, 11) is 4.82. The lowest BCUT2D eigenvalue weighted by Crippen LogP contribution is -2.40. The number of nitrogens with zero attached hydrogens (tertiary/aromatic N) is 4. The van der Waals surface area contributed by atoms with Gasteiger partial charge < -0.3 is 19.1 Å². The van der Waals surface area contributed by atoms with Crippen LogP contribution in [0.1, 0.15) is 22.3 Å². The van der Waals surface area contributed by atoms with Crippen molar-refractivity contribution in [1.82, 2.24) is 9.47 Å². The number of carbonyl (C=O) groups is 1. The Kier molecular flexibility index (Phi) is 8.22. The molecule has 2 fully saturated rings. The zero-order valence-corrected chi connectivity index (χ0v) is 22.8. The van der Waals surface area contributed by atoms with Crippen molar-refractivity contribution in [2.75, 3.05) is 52.0 Å². The summed E-state index contributed by atoms with van der Waals surface area (Å²) in [6.45, 7) is 4.42. The Hall–Kier alpha value is -3.33. The van der Waals surface area contributed by atoms with Crippen LogP contribution < -0.4 is 19.9 Å². The monoisotopic (exact) mass is 540 g/mol. The predicted molar refractivity (Wildman–Crippen MR) is 147 cm³/mol. The van der Waals surface area contributed by atoms with Gasteiger partial charge in [-0.15, -0.1) is 0 Å². The molecule has 2 aromatic rings. The molecule has 0 atom stereocenters. The van der Waals surface area contributed by atoms with Gasteiger partial charge in [0.25, 0.3) is 11.5 Å². The second-order valence-corrected chi connectivity index (χ2v) is 10.3. The third kappa shape index (κ3) is 5.23. The van der Waals surface area contributed by atoms with E-state index in [0.29, 0.717) is 76.9 Å². The number of anilines is 1. The molecule has 0 bridgehead atoms. The summed E-state index contributed by atoms with van der Waals surface area (Å²) in [5, 5.41) is 9.66. The summed E-state index contributed by atoms with van der Waals surface area (Å²) in [5.41, 5.74) is 1.90. The van der Waals surface area contributed by atoms with Crippen LogP contribution in [0.4, 0.5) is 5.82 Å². The van der Waals surface area contributed by atoms with Gasteiger partial charge in [0, 0.05) is 32.2 Å². The number of aromatic nitrogens is 1. The van der Waals surface area contributed by atoms with Gasteiger partial charge in [0.05, 0.1) is 32.3 Å². The molecule has 0 saturated carbocycles. The van der Waals surface area contributed by atoms with Crippen molar-refractivity contribution in [1.29, 1.82) is 5.26 Å². The van der Waals surface area contributed by atoms with Crippen molar-refractivity contribution in [3.05, 3.63) is 55.7 Å². The number of benzene rings is 1. The smallest absolute Gasteiger partial charge is 0.270 e. The summed E-state index contributed by atoms with van der Waals surface area (Å²) in [6, 6.07) is 7.68. The van der Waals surface area contributed by atoms with E-state index in [1.165, 1.54) is 16.3 Å². The van der Waals surface area contributed by atoms with Crippen LogP contribution in [0.15, 0.2) is 27.9 Å². The van der Waals surface area contributed by atoms with Crippen LogP contribution in [0.3, 0.4) is 0 Å². The zero-order chi connectivity index (χ0) is 26.7. The number of ether oxygens (including phenoxy) is 3. The Balaban J connectivity index is 1.65. The topological polar surface area (TPSA) is 97.0 Å². The molecule has 1 aromatic heterocycles. The van der Waals surface area contributed by atoms with Crippen LogP contribution in [-0.4, -0.2) is 66.8 Å². The maximum atomic E-state index is 13.4. The Morgan fingerprint density at radius 3 is 2.54 bits per heavy atom. The van der Waals surface area contributed by atoms with Crippen LogP contribution >= 0.6 is 24.0 Å². The van der Waals surface area contributed by atoms with E-state index in [4.69, 9.17) is 26.4 Å². The average Bonchev–Trinajstić information content (AvgIpc) is 3.18. The molecule has 194 valence electrons. The fourth-order valence-corrected chi connectivity index (χ4v) is 5.76. The van der Waals surface area contributed by atoms with E-state index in [9.17, 15) is 14.9 Å². The quantitative estimate of drug-likeness (QED) is 0.388. The summed E-state index contributed by atoms with van der Waals surface area (Å²) in [6.07, 6.45) is 2.34. The molecular formula is C26H28N4O5S2. The molecule has 2 aliphatic heterocycles. The highest BCUT2D eigenvalue weighted by atomic mass is 32.2. The highest BCUT2D eigenvalue weighted by Crippen LogP contribution is 2.36. The van der Waals surface area contributed by atoms with Gasteiger partial charge in [-0.05, 0) is 42.7 Å². The minimum absolute atomic E-state index is 0.0645. The number of rotatable bonds is 7. The van der Waals surface area contributed by atoms with Crippen molar-refractivity contribution in [3.8, 4) is 17.6 Å². The lowest BCUT2D eigenvalue weighted by molar-refractivity contribution is -0.122.